The number of para-hydroxylation sites is 1. The number of aromatic amines is 1. The van der Waals surface area contributed by atoms with Crippen molar-refractivity contribution in [3.8, 4) is 0 Å². The molecule has 0 spiro atoms. The highest BCUT2D eigenvalue weighted by atomic mass is 35.5. The van der Waals surface area contributed by atoms with Crippen LogP contribution >= 0.6 is 23.2 Å². The van der Waals surface area contributed by atoms with Crippen LogP contribution in [0.15, 0.2) is 48.7 Å². The van der Waals surface area contributed by atoms with Crippen LogP contribution in [0.5, 0.6) is 0 Å². The minimum atomic E-state index is -0.514. The molecule has 0 saturated carbocycles. The van der Waals surface area contributed by atoms with Gasteiger partial charge in [-0.15, -0.1) is 0 Å². The lowest BCUT2D eigenvalue weighted by atomic mass is 9.97. The van der Waals surface area contributed by atoms with Crippen molar-refractivity contribution >= 4 is 51.6 Å². The Hall–Kier alpha value is -2.30. The number of hydrogen-bond acceptors (Lipinski definition) is 2. The summed E-state index contributed by atoms with van der Waals surface area (Å²) in [6, 6.07) is 12.4. The predicted molar refractivity (Wildman–Crippen MR) is 94.6 cm³/mol. The molecule has 24 heavy (non-hydrogen) atoms. The number of halogens is 2. The van der Waals surface area contributed by atoms with Gasteiger partial charge in [0.25, 0.3) is 0 Å². The number of nitrogens with zero attached hydrogens (tertiary/aromatic N) is 1. The van der Waals surface area contributed by atoms with Gasteiger partial charge in [-0.1, -0.05) is 41.4 Å². The number of benzene rings is 2. The largest absolute Gasteiger partial charge is 0.361 e. The van der Waals surface area contributed by atoms with Gasteiger partial charge in [-0.3, -0.25) is 9.59 Å². The molecule has 0 bridgehead atoms. The molecule has 1 aliphatic rings. The molecule has 1 aromatic heterocycles. The van der Waals surface area contributed by atoms with Gasteiger partial charge in [-0.05, 0) is 29.8 Å². The van der Waals surface area contributed by atoms with Gasteiger partial charge in [0.15, 0.2) is 0 Å². The number of nitrogens with one attached hydrogen (secondary N) is 1. The third-order valence-corrected chi connectivity index (χ3v) is 4.83. The fourth-order valence-electron chi connectivity index (χ4n) is 3.17. The van der Waals surface area contributed by atoms with Crippen molar-refractivity contribution in [3.05, 3.63) is 64.3 Å². The lowest BCUT2D eigenvalue weighted by Crippen LogP contribution is -2.30. The number of carbonyl (C=O) groups is 2. The van der Waals surface area contributed by atoms with Crippen LogP contribution in [0, 0.1) is 0 Å². The molecular formula is C18H12Cl2N2O2. The third-order valence-electron chi connectivity index (χ3n) is 4.29. The van der Waals surface area contributed by atoms with Crippen LogP contribution in [0.3, 0.4) is 0 Å². The Morgan fingerprint density at radius 3 is 2.67 bits per heavy atom. The number of H-pyrrole nitrogens is 1. The van der Waals surface area contributed by atoms with Gasteiger partial charge in [0.05, 0.1) is 16.6 Å². The predicted octanol–water partition coefficient (Wildman–Crippen LogP) is 4.52. The van der Waals surface area contributed by atoms with Crippen molar-refractivity contribution in [3.63, 3.8) is 0 Å². The number of rotatable bonds is 2. The Kier molecular flexibility index (Phi) is 3.59. The number of aromatic nitrogens is 1. The molecule has 0 unspecified atom stereocenters. The van der Waals surface area contributed by atoms with Crippen molar-refractivity contribution < 1.29 is 9.59 Å². The van der Waals surface area contributed by atoms with Gasteiger partial charge < -0.3 is 4.98 Å². The first-order chi connectivity index (χ1) is 11.6. The molecule has 2 amide bonds. The fraction of sp³-hybridized carbons (Fsp3) is 0.111. The SMILES string of the molecule is O=C1C[C@@H](c2c[nH]c3ccccc23)C(=O)N1c1ccc(Cl)cc1Cl. The lowest BCUT2D eigenvalue weighted by Gasteiger charge is -2.16. The molecule has 6 heteroatoms. The van der Waals surface area contributed by atoms with E-state index in [2.05, 4.69) is 4.98 Å². The maximum atomic E-state index is 12.9. The first kappa shape index (κ1) is 15.2. The average molecular weight is 359 g/mol. The molecule has 2 heterocycles. The van der Waals surface area contributed by atoms with Crippen molar-refractivity contribution in [1.82, 2.24) is 4.98 Å². The number of fused-ring (bicyclic) bond motifs is 1. The second-order valence-corrected chi connectivity index (χ2v) is 6.55. The summed E-state index contributed by atoms with van der Waals surface area (Å²) >= 11 is 12.1. The third kappa shape index (κ3) is 2.30. The van der Waals surface area contributed by atoms with Crippen molar-refractivity contribution in [2.45, 2.75) is 12.3 Å². The first-order valence-electron chi connectivity index (χ1n) is 7.44. The van der Waals surface area contributed by atoms with Crippen molar-refractivity contribution in [2.75, 3.05) is 4.90 Å². The summed E-state index contributed by atoms with van der Waals surface area (Å²) in [6.45, 7) is 0. The van der Waals surface area contributed by atoms with Gasteiger partial charge in [0, 0.05) is 28.5 Å². The zero-order chi connectivity index (χ0) is 16.8. The van der Waals surface area contributed by atoms with Crippen LogP contribution < -0.4 is 4.90 Å². The van der Waals surface area contributed by atoms with Gasteiger partial charge in [0.2, 0.25) is 11.8 Å². The van der Waals surface area contributed by atoms with E-state index >= 15 is 0 Å². The summed E-state index contributed by atoms with van der Waals surface area (Å²) in [6.07, 6.45) is 1.92. The minimum Gasteiger partial charge on any atom is -0.361 e. The van der Waals surface area contributed by atoms with E-state index in [4.69, 9.17) is 23.2 Å². The summed E-state index contributed by atoms with van der Waals surface area (Å²) < 4.78 is 0. The number of hydrogen-bond donors (Lipinski definition) is 1. The number of imide groups is 1. The highest BCUT2D eigenvalue weighted by molar-refractivity contribution is 6.38. The van der Waals surface area contributed by atoms with Crippen molar-refractivity contribution in [1.29, 1.82) is 0 Å². The molecule has 2 aromatic carbocycles. The molecule has 3 aromatic rings. The standard InChI is InChI=1S/C18H12Cl2N2O2/c19-10-5-6-16(14(20)7-10)22-17(23)8-12(18(22)24)13-9-21-15-4-2-1-3-11(13)15/h1-7,9,12,21H,8H2/t12-/m0/s1. The molecule has 4 rings (SSSR count). The zero-order valence-corrected chi connectivity index (χ0v) is 13.9. The summed E-state index contributed by atoms with van der Waals surface area (Å²) in [5, 5.41) is 1.69. The second kappa shape index (κ2) is 5.65. The molecule has 1 aliphatic heterocycles. The van der Waals surface area contributed by atoms with Crippen LogP contribution in [0.1, 0.15) is 17.9 Å². The Balaban J connectivity index is 1.76. The minimum absolute atomic E-state index is 0.125. The van der Waals surface area contributed by atoms with E-state index in [-0.39, 0.29) is 23.3 Å². The van der Waals surface area contributed by atoms with Crippen LogP contribution in [0.4, 0.5) is 5.69 Å². The van der Waals surface area contributed by atoms with E-state index < -0.39 is 5.92 Å². The Labute approximate surface area is 148 Å². The fourth-order valence-corrected chi connectivity index (χ4v) is 3.67. The number of carbonyl (C=O) groups excluding carboxylic acids is 2. The summed E-state index contributed by atoms with van der Waals surface area (Å²) in [7, 11) is 0. The van der Waals surface area contributed by atoms with Crippen molar-refractivity contribution in [2.24, 2.45) is 0 Å². The number of anilines is 1. The highest BCUT2D eigenvalue weighted by Gasteiger charge is 2.42. The molecule has 0 radical (unpaired) electrons. The maximum absolute atomic E-state index is 12.9. The summed E-state index contributed by atoms with van der Waals surface area (Å²) in [5.74, 6) is -1.05. The topological polar surface area (TPSA) is 53.2 Å². The van der Waals surface area contributed by atoms with E-state index in [1.54, 1.807) is 18.3 Å². The van der Waals surface area contributed by atoms with E-state index in [1.807, 2.05) is 24.3 Å². The Morgan fingerprint density at radius 2 is 1.88 bits per heavy atom. The Bertz CT molecular complexity index is 980. The first-order valence-corrected chi connectivity index (χ1v) is 8.19. The zero-order valence-electron chi connectivity index (χ0n) is 12.4. The molecule has 1 N–H and O–H groups in total. The normalized spacial score (nSPS) is 17.9. The van der Waals surface area contributed by atoms with Gasteiger partial charge in [0.1, 0.15) is 0 Å². The Morgan fingerprint density at radius 1 is 1.08 bits per heavy atom. The van der Waals surface area contributed by atoms with Crippen LogP contribution in [-0.4, -0.2) is 16.8 Å². The monoisotopic (exact) mass is 358 g/mol. The van der Waals surface area contributed by atoms with Crippen LogP contribution in [0.25, 0.3) is 10.9 Å². The molecular weight excluding hydrogens is 347 g/mol. The van der Waals surface area contributed by atoms with Gasteiger partial charge in [-0.2, -0.15) is 0 Å². The van der Waals surface area contributed by atoms with Crippen LogP contribution in [0.2, 0.25) is 10.0 Å². The number of amides is 2. The van der Waals surface area contributed by atoms with E-state index in [0.29, 0.717) is 10.7 Å². The molecule has 0 aliphatic carbocycles. The maximum Gasteiger partial charge on any atom is 0.241 e. The van der Waals surface area contributed by atoms with E-state index in [1.165, 1.54) is 6.07 Å². The quantitative estimate of drug-likeness (QED) is 0.684. The van der Waals surface area contributed by atoms with Gasteiger partial charge in [-0.25, -0.2) is 4.90 Å². The molecule has 120 valence electrons. The average Bonchev–Trinajstić information content (AvgIpc) is 3.10. The molecule has 1 atom stereocenters. The molecule has 1 saturated heterocycles. The van der Waals surface area contributed by atoms with E-state index in [0.717, 1.165) is 21.4 Å². The van der Waals surface area contributed by atoms with Gasteiger partial charge >= 0.3 is 0 Å². The highest BCUT2D eigenvalue weighted by Crippen LogP contribution is 2.39. The summed E-state index contributed by atoms with van der Waals surface area (Å²) in [5.41, 5.74) is 2.14. The van der Waals surface area contributed by atoms with Crippen LogP contribution in [-0.2, 0) is 9.59 Å². The molecule has 1 fully saturated rings. The summed E-state index contributed by atoms with van der Waals surface area (Å²) in [4.78, 5) is 29.7. The second-order valence-electron chi connectivity index (χ2n) is 5.71. The van der Waals surface area contributed by atoms with E-state index in [9.17, 15) is 9.59 Å². The lowest BCUT2D eigenvalue weighted by molar-refractivity contribution is -0.121. The molecule has 4 nitrogen and oxygen atoms in total. The smallest absolute Gasteiger partial charge is 0.241 e.